The second kappa shape index (κ2) is 12.1. The zero-order valence-corrected chi connectivity index (χ0v) is 22.5. The lowest BCUT2D eigenvalue weighted by atomic mass is 10.1. The van der Waals surface area contributed by atoms with Crippen LogP contribution >= 0.6 is 0 Å². The Morgan fingerprint density at radius 2 is 1.53 bits per heavy atom. The maximum atomic E-state index is 13.0. The molecule has 43 heavy (non-hydrogen) atoms. The summed E-state index contributed by atoms with van der Waals surface area (Å²) in [6.07, 6.45) is -3.34. The molecule has 1 fully saturated rings. The first-order valence-electron chi connectivity index (χ1n) is 13.9. The van der Waals surface area contributed by atoms with Gasteiger partial charge >= 0.3 is 11.9 Å². The van der Waals surface area contributed by atoms with Crippen molar-refractivity contribution in [3.05, 3.63) is 124 Å². The second-order valence-corrected chi connectivity index (χ2v) is 9.52. The van der Waals surface area contributed by atoms with E-state index in [4.69, 9.17) is 15.6 Å². The number of hydrogen-bond donors (Lipinski definition) is 2. The van der Waals surface area contributed by atoms with Gasteiger partial charge in [-0.1, -0.05) is 54.6 Å². The molecular weight excluding hydrogens is 554 g/mol. The maximum absolute atomic E-state index is 13.0. The number of aromatic nitrogens is 4. The fourth-order valence-corrected chi connectivity index (χ4v) is 4.52. The van der Waals surface area contributed by atoms with Crippen LogP contribution in [0.15, 0.2) is 102 Å². The van der Waals surface area contributed by atoms with Gasteiger partial charge in [-0.25, -0.2) is 14.6 Å². The van der Waals surface area contributed by atoms with Gasteiger partial charge in [-0.05, 0) is 36.4 Å². The number of benzene rings is 3. The number of fused-ring (bicyclic) bond motifs is 1. The summed E-state index contributed by atoms with van der Waals surface area (Å²) in [7, 11) is 0. The summed E-state index contributed by atoms with van der Waals surface area (Å²) in [6.45, 7) is -0.328. The van der Waals surface area contributed by atoms with Gasteiger partial charge in [-0.15, -0.1) is 0 Å². The molecule has 12 nitrogen and oxygen atoms in total. The fraction of sp³-hybridized carbons (Fsp3) is 0.161. The molecule has 2 aromatic heterocycles. The lowest BCUT2D eigenvalue weighted by molar-refractivity contribution is -0.0563. The molecule has 3 heterocycles. The Morgan fingerprint density at radius 3 is 2.19 bits per heavy atom. The number of ether oxygens (including phenoxy) is 3. The fourth-order valence-electron chi connectivity index (χ4n) is 4.52. The molecule has 3 aromatic carbocycles. The van der Waals surface area contributed by atoms with Crippen LogP contribution in [0.1, 0.15) is 45.1 Å². The lowest BCUT2D eigenvalue weighted by Gasteiger charge is -2.19. The number of carbonyl (C=O) groups excluding carboxylic acids is 3. The minimum absolute atomic E-state index is 0.0226. The Labute approximate surface area is 245 Å². The number of amides is 1. The van der Waals surface area contributed by atoms with Crippen molar-refractivity contribution in [1.29, 1.82) is 0 Å². The van der Waals surface area contributed by atoms with E-state index in [0.29, 0.717) is 11.1 Å². The summed E-state index contributed by atoms with van der Waals surface area (Å²) >= 11 is 0. The SMILES string of the molecule is [2H][C@@H]1[C@H](OC(=O)c2ccccc2)[C@@H](COC(=O)c2ccccc2)O[C@H]1n1cnc2c(=O)[nH]c(NC(=O)c3ccccc3)nc21. The topological polar surface area (TPSA) is 154 Å². The number of rotatable bonds is 8. The van der Waals surface area contributed by atoms with E-state index in [1.165, 1.54) is 10.9 Å². The molecule has 2 N–H and O–H groups in total. The highest BCUT2D eigenvalue weighted by atomic mass is 16.6. The molecule has 0 bridgehead atoms. The van der Waals surface area contributed by atoms with E-state index >= 15 is 0 Å². The van der Waals surface area contributed by atoms with Crippen molar-refractivity contribution in [1.82, 2.24) is 19.5 Å². The molecule has 0 spiro atoms. The summed E-state index contributed by atoms with van der Waals surface area (Å²) in [4.78, 5) is 62.1. The highest BCUT2D eigenvalue weighted by Crippen LogP contribution is 2.33. The number of anilines is 1. The molecule has 1 saturated heterocycles. The molecule has 5 aromatic rings. The monoisotopic (exact) mass is 580 g/mol. The van der Waals surface area contributed by atoms with Crippen molar-refractivity contribution >= 4 is 35.0 Å². The molecule has 1 aliphatic heterocycles. The number of aromatic amines is 1. The van der Waals surface area contributed by atoms with Gasteiger partial charge in [-0.3, -0.25) is 24.5 Å². The minimum Gasteiger partial charge on any atom is -0.459 e. The Hall–Kier alpha value is -5.62. The van der Waals surface area contributed by atoms with Crippen LogP contribution in [-0.2, 0) is 14.2 Å². The Bertz CT molecular complexity index is 1860. The number of imidazole rings is 1. The third-order valence-corrected chi connectivity index (χ3v) is 6.65. The van der Waals surface area contributed by atoms with Gasteiger partial charge in [0.15, 0.2) is 11.2 Å². The number of hydrogen-bond acceptors (Lipinski definition) is 9. The van der Waals surface area contributed by atoms with Gasteiger partial charge in [0.25, 0.3) is 11.5 Å². The molecule has 216 valence electrons. The van der Waals surface area contributed by atoms with E-state index < -0.39 is 48.2 Å². The average molecular weight is 581 g/mol. The van der Waals surface area contributed by atoms with Crippen LogP contribution in [-0.4, -0.2) is 56.2 Å². The smallest absolute Gasteiger partial charge is 0.338 e. The Balaban J connectivity index is 1.28. The standard InChI is InChI=1S/C31H25N5O7/c37-27(19-10-4-1-5-11-19)34-31-33-26-25(28(38)35-31)32-18-36(26)24-16-22(43-30(40)21-14-8-3-9-15-21)23(42-24)17-41-29(39)20-12-6-2-7-13-20/h1-15,18,22-24H,16-17H2,(H2,33,34,35,37,38)/t22-,23+,24+/m0/s1/i16D/t16-,22+,23-,24-/m1. The van der Waals surface area contributed by atoms with Gasteiger partial charge < -0.3 is 14.2 Å². The summed E-state index contributed by atoms with van der Waals surface area (Å²) < 4.78 is 27.7. The molecule has 1 amide bonds. The molecule has 4 atom stereocenters. The normalized spacial score (nSPS) is 19.9. The molecule has 1 aliphatic rings. The summed E-state index contributed by atoms with van der Waals surface area (Å²) in [5, 5.41) is 2.56. The number of nitrogens with one attached hydrogen (secondary N) is 2. The van der Waals surface area contributed by atoms with E-state index in [1.54, 1.807) is 91.0 Å². The first-order chi connectivity index (χ1) is 21.4. The van der Waals surface area contributed by atoms with Crippen LogP contribution in [0, 0.1) is 0 Å². The van der Waals surface area contributed by atoms with Gasteiger partial charge in [0.05, 0.1) is 17.5 Å². The van der Waals surface area contributed by atoms with Crippen LogP contribution in [0.4, 0.5) is 5.95 Å². The van der Waals surface area contributed by atoms with Crippen LogP contribution in [0.25, 0.3) is 11.2 Å². The first-order valence-corrected chi connectivity index (χ1v) is 13.3. The van der Waals surface area contributed by atoms with Crippen molar-refractivity contribution in [3.63, 3.8) is 0 Å². The van der Waals surface area contributed by atoms with E-state index in [1.807, 2.05) is 0 Å². The van der Waals surface area contributed by atoms with Crippen molar-refractivity contribution in [3.8, 4) is 0 Å². The summed E-state index contributed by atoms with van der Waals surface area (Å²) in [5.41, 5.74) is 0.270. The van der Waals surface area contributed by atoms with Crippen LogP contribution in [0.2, 0.25) is 0 Å². The van der Waals surface area contributed by atoms with Gasteiger partial charge in [0, 0.05) is 13.3 Å². The molecule has 0 saturated carbocycles. The number of esters is 2. The van der Waals surface area contributed by atoms with Crippen molar-refractivity contribution < 1.29 is 30.0 Å². The maximum Gasteiger partial charge on any atom is 0.338 e. The van der Waals surface area contributed by atoms with Gasteiger partial charge in [0.1, 0.15) is 25.0 Å². The molecule has 0 radical (unpaired) electrons. The molecule has 0 aliphatic carbocycles. The van der Waals surface area contributed by atoms with E-state index in [-0.39, 0.29) is 29.3 Å². The van der Waals surface area contributed by atoms with Gasteiger partial charge in [-0.2, -0.15) is 4.98 Å². The Kier molecular flexibility index (Phi) is 7.39. The van der Waals surface area contributed by atoms with Crippen LogP contribution in [0.5, 0.6) is 0 Å². The third kappa shape index (κ3) is 6.04. The number of H-pyrrole nitrogens is 1. The molecule has 6 rings (SSSR count). The highest BCUT2D eigenvalue weighted by molar-refractivity contribution is 6.03. The minimum atomic E-state index is -1.25. The zero-order chi connectivity index (χ0) is 30.6. The number of nitrogens with zero attached hydrogens (tertiary/aromatic N) is 3. The lowest BCUT2D eigenvalue weighted by Crippen LogP contribution is -2.32. The molecular formula is C31H25N5O7. The summed E-state index contributed by atoms with van der Waals surface area (Å²) in [6, 6.07) is 25.0. The van der Waals surface area contributed by atoms with E-state index in [0.717, 1.165) is 0 Å². The van der Waals surface area contributed by atoms with Gasteiger partial charge in [0.2, 0.25) is 5.95 Å². The van der Waals surface area contributed by atoms with Crippen molar-refractivity contribution in [2.75, 3.05) is 11.9 Å². The summed E-state index contributed by atoms with van der Waals surface area (Å²) in [5.74, 6) is -1.94. The predicted octanol–water partition coefficient (Wildman–Crippen LogP) is 3.74. The quantitative estimate of drug-likeness (QED) is 0.261. The average Bonchev–Trinajstić information content (AvgIpc) is 3.61. The third-order valence-electron chi connectivity index (χ3n) is 6.65. The molecule has 12 heteroatoms. The number of carbonyl (C=O) groups is 3. The van der Waals surface area contributed by atoms with E-state index in [2.05, 4.69) is 20.3 Å². The van der Waals surface area contributed by atoms with Crippen LogP contribution < -0.4 is 10.9 Å². The zero-order valence-electron chi connectivity index (χ0n) is 23.5. The second-order valence-electron chi connectivity index (χ2n) is 9.52. The largest absolute Gasteiger partial charge is 0.459 e. The van der Waals surface area contributed by atoms with E-state index in [9.17, 15) is 19.2 Å². The molecule has 0 unspecified atom stereocenters. The highest BCUT2D eigenvalue weighted by Gasteiger charge is 2.41. The predicted molar refractivity (Wildman–Crippen MR) is 153 cm³/mol. The van der Waals surface area contributed by atoms with Crippen LogP contribution in [0.3, 0.4) is 0 Å². The van der Waals surface area contributed by atoms with Crippen molar-refractivity contribution in [2.24, 2.45) is 0 Å². The van der Waals surface area contributed by atoms with Crippen molar-refractivity contribution in [2.45, 2.75) is 24.8 Å². The Morgan fingerprint density at radius 1 is 0.930 bits per heavy atom. The first kappa shape index (κ1) is 26.3.